The van der Waals surface area contributed by atoms with Gasteiger partial charge in [0.15, 0.2) is 0 Å². The summed E-state index contributed by atoms with van der Waals surface area (Å²) in [5, 5.41) is 0. The normalized spacial score (nSPS) is 26.3. The fourth-order valence-corrected chi connectivity index (χ4v) is 11.3. The Morgan fingerprint density at radius 2 is 1.07 bits per heavy atom. The first kappa shape index (κ1) is 11.9. The van der Waals surface area contributed by atoms with E-state index >= 15 is 0 Å². The Kier molecular flexibility index (Phi) is 4.10. The van der Waals surface area contributed by atoms with E-state index in [0.717, 1.165) is 0 Å². The van der Waals surface area contributed by atoms with Crippen LogP contribution in [-0.2, 0) is 0 Å². The Morgan fingerprint density at radius 3 is 1.33 bits per heavy atom. The molecule has 0 bridgehead atoms. The molecule has 0 aromatic carbocycles. The van der Waals surface area contributed by atoms with E-state index in [4.69, 9.17) is 0 Å². The molecular formula is C14H29P. The van der Waals surface area contributed by atoms with Gasteiger partial charge in [0.05, 0.1) is 0 Å². The molecule has 0 heterocycles. The van der Waals surface area contributed by atoms with Gasteiger partial charge >= 0.3 is 96.1 Å². The molecule has 0 atom stereocenters. The Balaban J connectivity index is 2.13. The molecular weight excluding hydrogens is 199 g/mol. The van der Waals surface area contributed by atoms with Crippen molar-refractivity contribution < 1.29 is 0 Å². The van der Waals surface area contributed by atoms with Crippen molar-refractivity contribution in [2.75, 3.05) is 12.3 Å². The molecule has 0 aromatic rings. The van der Waals surface area contributed by atoms with Gasteiger partial charge in [-0.25, -0.2) is 0 Å². The van der Waals surface area contributed by atoms with Crippen molar-refractivity contribution in [1.29, 1.82) is 0 Å². The van der Waals surface area contributed by atoms with E-state index in [1.54, 1.807) is 63.7 Å². The van der Waals surface area contributed by atoms with Crippen molar-refractivity contribution in [3.05, 3.63) is 0 Å². The van der Waals surface area contributed by atoms with Crippen LogP contribution in [0.4, 0.5) is 0 Å². The van der Waals surface area contributed by atoms with Crippen LogP contribution in [0, 0.1) is 0 Å². The minimum atomic E-state index is -0.877. The van der Waals surface area contributed by atoms with Crippen LogP contribution in [0.5, 0.6) is 0 Å². The zero-order valence-electron chi connectivity index (χ0n) is 10.7. The number of hydrogen-bond acceptors (Lipinski definition) is 0. The zero-order valence-corrected chi connectivity index (χ0v) is 11.7. The van der Waals surface area contributed by atoms with Crippen LogP contribution >= 0.6 is 7.26 Å². The van der Waals surface area contributed by atoms with Gasteiger partial charge < -0.3 is 0 Å². The molecule has 0 unspecified atom stereocenters. The fourth-order valence-electron chi connectivity index (χ4n) is 4.74. The molecule has 0 saturated heterocycles. The van der Waals surface area contributed by atoms with Crippen LogP contribution < -0.4 is 0 Å². The quantitative estimate of drug-likeness (QED) is 0.614. The fraction of sp³-hybridized carbons (Fsp3) is 1.00. The Hall–Kier alpha value is 0.430. The summed E-state index contributed by atoms with van der Waals surface area (Å²) in [5.74, 6) is 0. The molecule has 15 heavy (non-hydrogen) atoms. The molecule has 0 amide bonds. The first-order valence-corrected chi connectivity index (χ1v) is 9.90. The average molecular weight is 228 g/mol. The topological polar surface area (TPSA) is 0 Å². The van der Waals surface area contributed by atoms with E-state index in [0.29, 0.717) is 0 Å². The van der Waals surface area contributed by atoms with Gasteiger partial charge in [-0.2, -0.15) is 0 Å². The third-order valence-corrected chi connectivity index (χ3v) is 12.7. The average Bonchev–Trinajstić information content (AvgIpc) is 2.92. The first-order valence-electron chi connectivity index (χ1n) is 7.33. The van der Waals surface area contributed by atoms with Crippen molar-refractivity contribution in [3.8, 4) is 0 Å². The van der Waals surface area contributed by atoms with Crippen LogP contribution in [0.3, 0.4) is 0 Å². The van der Waals surface area contributed by atoms with Crippen molar-refractivity contribution in [3.63, 3.8) is 0 Å². The Labute approximate surface area is 96.6 Å². The van der Waals surface area contributed by atoms with E-state index in [-0.39, 0.29) is 0 Å². The molecule has 0 spiro atoms. The molecule has 0 N–H and O–H groups in total. The zero-order chi connectivity index (χ0) is 10.7. The Bertz CT molecular complexity index is 166. The standard InChI is InChI=1S/C14H29P/c1-3-15(4-2,13-9-5-6-10-13)14-11-7-8-12-14/h13-15H,3-12H2,1-2H3. The maximum atomic E-state index is 2.52. The van der Waals surface area contributed by atoms with Gasteiger partial charge in [-0.3, -0.25) is 0 Å². The monoisotopic (exact) mass is 228 g/mol. The molecule has 0 radical (unpaired) electrons. The molecule has 0 aromatic heterocycles. The van der Waals surface area contributed by atoms with Crippen LogP contribution in [0.1, 0.15) is 65.2 Å². The Morgan fingerprint density at radius 1 is 0.733 bits per heavy atom. The number of hydrogen-bond donors (Lipinski definition) is 0. The molecule has 2 rings (SSSR count). The van der Waals surface area contributed by atoms with Gasteiger partial charge in [-0.15, -0.1) is 0 Å². The van der Waals surface area contributed by atoms with Crippen molar-refractivity contribution in [2.24, 2.45) is 0 Å². The van der Waals surface area contributed by atoms with Crippen LogP contribution in [0.15, 0.2) is 0 Å². The van der Waals surface area contributed by atoms with Crippen molar-refractivity contribution in [1.82, 2.24) is 0 Å². The molecule has 2 aliphatic carbocycles. The second-order valence-electron chi connectivity index (χ2n) is 5.90. The van der Waals surface area contributed by atoms with Gasteiger partial charge in [0.1, 0.15) is 0 Å². The molecule has 2 aliphatic rings. The van der Waals surface area contributed by atoms with E-state index in [1.165, 1.54) is 11.3 Å². The third-order valence-electron chi connectivity index (χ3n) is 5.65. The van der Waals surface area contributed by atoms with Crippen LogP contribution in [0.2, 0.25) is 0 Å². The van der Waals surface area contributed by atoms with Gasteiger partial charge in [-0.05, 0) is 0 Å². The van der Waals surface area contributed by atoms with E-state index < -0.39 is 7.26 Å². The maximum absolute atomic E-state index is 2.52. The van der Waals surface area contributed by atoms with Crippen LogP contribution in [-0.4, -0.2) is 23.6 Å². The first-order chi connectivity index (χ1) is 7.33. The van der Waals surface area contributed by atoms with Gasteiger partial charge in [-0.1, -0.05) is 0 Å². The second kappa shape index (κ2) is 5.17. The van der Waals surface area contributed by atoms with Gasteiger partial charge in [0, 0.05) is 0 Å². The third kappa shape index (κ3) is 2.12. The summed E-state index contributed by atoms with van der Waals surface area (Å²) in [6.07, 6.45) is 15.8. The molecule has 1 heteroatoms. The van der Waals surface area contributed by atoms with Crippen LogP contribution in [0.25, 0.3) is 0 Å². The van der Waals surface area contributed by atoms with E-state index in [1.807, 2.05) is 0 Å². The SMILES string of the molecule is CC[PH](CC)(C1CCCC1)C1CCCC1. The molecule has 0 nitrogen and oxygen atoms in total. The minimum absolute atomic E-state index is 0.877. The summed E-state index contributed by atoms with van der Waals surface area (Å²) in [5.41, 5.74) is 2.44. The summed E-state index contributed by atoms with van der Waals surface area (Å²) >= 11 is 0. The molecule has 90 valence electrons. The van der Waals surface area contributed by atoms with E-state index in [2.05, 4.69) is 13.8 Å². The van der Waals surface area contributed by atoms with Crippen molar-refractivity contribution in [2.45, 2.75) is 76.5 Å². The predicted octanol–water partition coefficient (Wildman–Crippen LogP) is 4.66. The summed E-state index contributed by atoms with van der Waals surface area (Å²) in [6.45, 7) is 5.04. The second-order valence-corrected chi connectivity index (χ2v) is 11.4. The summed E-state index contributed by atoms with van der Waals surface area (Å²) in [4.78, 5) is 0. The summed E-state index contributed by atoms with van der Waals surface area (Å²) < 4.78 is 0. The molecule has 0 aliphatic heterocycles. The summed E-state index contributed by atoms with van der Waals surface area (Å²) in [6, 6.07) is 0. The summed E-state index contributed by atoms with van der Waals surface area (Å²) in [7, 11) is -0.877. The van der Waals surface area contributed by atoms with E-state index in [9.17, 15) is 0 Å². The molecule has 2 saturated carbocycles. The predicted molar refractivity (Wildman–Crippen MR) is 73.9 cm³/mol. The van der Waals surface area contributed by atoms with Gasteiger partial charge in [0.2, 0.25) is 0 Å². The number of rotatable bonds is 4. The van der Waals surface area contributed by atoms with Crippen molar-refractivity contribution >= 4 is 7.26 Å². The van der Waals surface area contributed by atoms with Gasteiger partial charge in [0.25, 0.3) is 0 Å². The molecule has 2 fully saturated rings.